The summed E-state index contributed by atoms with van der Waals surface area (Å²) in [5.74, 6) is -1.15. The van der Waals surface area contributed by atoms with Crippen LogP contribution in [0.15, 0.2) is 42.6 Å². The summed E-state index contributed by atoms with van der Waals surface area (Å²) in [5, 5.41) is 3.28. The van der Waals surface area contributed by atoms with Crippen molar-refractivity contribution in [1.82, 2.24) is 14.8 Å². The fraction of sp³-hybridized carbons (Fsp3) is 0.370. The van der Waals surface area contributed by atoms with E-state index in [4.69, 9.17) is 16.3 Å². The summed E-state index contributed by atoms with van der Waals surface area (Å²) in [5.41, 5.74) is 1.22. The highest BCUT2D eigenvalue weighted by atomic mass is 35.5. The summed E-state index contributed by atoms with van der Waals surface area (Å²) in [7, 11) is -3.42. The van der Waals surface area contributed by atoms with Crippen LogP contribution in [0.1, 0.15) is 42.6 Å². The van der Waals surface area contributed by atoms with Gasteiger partial charge in [-0.05, 0) is 38.0 Å². The van der Waals surface area contributed by atoms with Crippen LogP contribution >= 0.6 is 19.0 Å². The third-order valence-electron chi connectivity index (χ3n) is 6.83. The molecule has 1 saturated heterocycles. The first-order valence-electron chi connectivity index (χ1n) is 12.6. The van der Waals surface area contributed by atoms with Crippen molar-refractivity contribution in [2.24, 2.45) is 0 Å². The number of Topliss-reactive ketones (excluding diaryl/α,β-unsaturated/α-hetero) is 1. The number of hydrogen-bond acceptors (Lipinski definition) is 5. The van der Waals surface area contributed by atoms with E-state index in [1.807, 2.05) is 0 Å². The van der Waals surface area contributed by atoms with E-state index in [-0.39, 0.29) is 53.8 Å². The average Bonchev–Trinajstić information content (AvgIpc) is 3.54. The molecule has 2 atom stereocenters. The van der Waals surface area contributed by atoms with Gasteiger partial charge in [-0.15, -0.1) is 0 Å². The van der Waals surface area contributed by atoms with Crippen LogP contribution < -0.4 is 10.1 Å². The molecule has 0 spiro atoms. The van der Waals surface area contributed by atoms with Gasteiger partial charge in [0.1, 0.15) is 24.2 Å². The fourth-order valence-corrected chi connectivity index (χ4v) is 5.33. The van der Waals surface area contributed by atoms with Gasteiger partial charge in [0.15, 0.2) is 12.1 Å². The number of amides is 2. The summed E-state index contributed by atoms with van der Waals surface area (Å²) in [6.45, 7) is 3.23. The molecular formula is C27H30ClFN3O6P. The van der Waals surface area contributed by atoms with Gasteiger partial charge >= 0.3 is 0 Å². The maximum atomic E-state index is 14.2. The standard InChI is InChI=1S/C27H30ClFN3O6P/c1-3-39(36,37)16-38-19-9-10-20-21(17(2)33)14-31(24(20)12-19)15-25(34)32-11-5-8-23(32)27(35)30-13-18-6-4-7-22(28)26(18)29/h4,6-7,9-10,12,14,23H,3,5,8,11,13,15-16H2,1-2H3,(H,30,35)(H,36,37)/t23-/m0/s1. The normalized spacial score (nSPS) is 16.7. The summed E-state index contributed by atoms with van der Waals surface area (Å²) in [6.07, 6.45) is 2.42. The Hall–Kier alpha value is -3.20. The topological polar surface area (TPSA) is 118 Å². The van der Waals surface area contributed by atoms with Crippen molar-refractivity contribution < 1.29 is 33.0 Å². The molecule has 0 saturated carbocycles. The number of ketones is 1. The van der Waals surface area contributed by atoms with Crippen LogP contribution in [-0.4, -0.2) is 57.1 Å². The molecule has 39 heavy (non-hydrogen) atoms. The average molecular weight is 578 g/mol. The Morgan fingerprint density at radius 2 is 2.03 bits per heavy atom. The number of aromatic nitrogens is 1. The molecule has 12 heteroatoms. The third kappa shape index (κ3) is 6.52. The molecule has 1 aliphatic rings. The van der Waals surface area contributed by atoms with Crippen molar-refractivity contribution in [2.45, 2.75) is 45.8 Å². The maximum Gasteiger partial charge on any atom is 0.243 e. The van der Waals surface area contributed by atoms with Gasteiger partial charge in [0, 0.05) is 48.0 Å². The Labute approximate surface area is 230 Å². The predicted octanol–water partition coefficient (Wildman–Crippen LogP) is 4.57. The van der Waals surface area contributed by atoms with E-state index in [1.165, 1.54) is 24.0 Å². The van der Waals surface area contributed by atoms with Crippen LogP contribution in [-0.2, 0) is 27.2 Å². The first kappa shape index (κ1) is 28.8. The van der Waals surface area contributed by atoms with E-state index in [1.54, 1.807) is 42.0 Å². The summed E-state index contributed by atoms with van der Waals surface area (Å²) in [4.78, 5) is 49.9. The molecule has 2 heterocycles. The second-order valence-electron chi connectivity index (χ2n) is 9.52. The number of carbonyl (C=O) groups excluding carboxylic acids is 3. The highest BCUT2D eigenvalue weighted by molar-refractivity contribution is 7.57. The summed E-state index contributed by atoms with van der Waals surface area (Å²) < 4.78 is 33.3. The number of halogens is 2. The Bertz CT molecular complexity index is 1480. The van der Waals surface area contributed by atoms with E-state index in [9.17, 15) is 28.2 Å². The van der Waals surface area contributed by atoms with Crippen LogP contribution in [0.3, 0.4) is 0 Å². The molecule has 2 amide bonds. The summed E-state index contributed by atoms with van der Waals surface area (Å²) >= 11 is 5.82. The lowest BCUT2D eigenvalue weighted by Crippen LogP contribution is -2.46. The molecule has 9 nitrogen and oxygen atoms in total. The van der Waals surface area contributed by atoms with Crippen molar-refractivity contribution in [3.8, 4) is 5.75 Å². The molecule has 3 aromatic rings. The lowest BCUT2D eigenvalue weighted by atomic mass is 10.1. The molecular weight excluding hydrogens is 548 g/mol. The van der Waals surface area contributed by atoms with Crippen LogP contribution in [0.4, 0.5) is 4.39 Å². The summed E-state index contributed by atoms with van der Waals surface area (Å²) in [6, 6.07) is 8.75. The number of nitrogens with one attached hydrogen (secondary N) is 1. The molecule has 2 N–H and O–H groups in total. The van der Waals surface area contributed by atoms with Crippen molar-refractivity contribution in [3.05, 3.63) is 64.6 Å². The zero-order valence-electron chi connectivity index (χ0n) is 21.7. The lowest BCUT2D eigenvalue weighted by Gasteiger charge is -2.24. The minimum absolute atomic E-state index is 0.0346. The third-order valence-corrected chi connectivity index (χ3v) is 8.64. The van der Waals surface area contributed by atoms with Crippen LogP contribution in [0.25, 0.3) is 10.9 Å². The number of fused-ring (bicyclic) bond motifs is 1. The number of likely N-dealkylation sites (tertiary alicyclic amines) is 1. The van der Waals surface area contributed by atoms with E-state index < -0.39 is 19.2 Å². The molecule has 4 rings (SSSR count). The van der Waals surface area contributed by atoms with E-state index in [0.717, 1.165) is 0 Å². The Balaban J connectivity index is 1.51. The molecule has 208 valence electrons. The SMILES string of the molecule is CCP(=O)(O)COc1ccc2c(C(C)=O)cn(CC(=O)N3CCC[C@H]3C(=O)NCc3cccc(Cl)c3F)c2c1. The predicted molar refractivity (Wildman–Crippen MR) is 146 cm³/mol. The van der Waals surface area contributed by atoms with Gasteiger partial charge in [0.25, 0.3) is 0 Å². The quantitative estimate of drug-likeness (QED) is 0.269. The van der Waals surface area contributed by atoms with Gasteiger partial charge in [-0.25, -0.2) is 4.39 Å². The zero-order chi connectivity index (χ0) is 28.3. The molecule has 1 fully saturated rings. The highest BCUT2D eigenvalue weighted by Crippen LogP contribution is 2.40. The Morgan fingerprint density at radius 1 is 1.26 bits per heavy atom. The molecule has 0 bridgehead atoms. The van der Waals surface area contributed by atoms with Crippen molar-refractivity contribution in [3.63, 3.8) is 0 Å². The molecule has 1 aliphatic heterocycles. The number of carbonyl (C=O) groups is 3. The zero-order valence-corrected chi connectivity index (χ0v) is 23.3. The first-order valence-corrected chi connectivity index (χ1v) is 15.0. The second-order valence-corrected chi connectivity index (χ2v) is 12.5. The second kappa shape index (κ2) is 11.9. The number of benzene rings is 2. The number of ether oxygens (including phenoxy) is 1. The molecule has 0 aliphatic carbocycles. The van der Waals surface area contributed by atoms with Gasteiger partial charge in [0.2, 0.25) is 19.2 Å². The number of nitrogens with zero attached hydrogens (tertiary/aromatic N) is 2. The van der Waals surface area contributed by atoms with Crippen molar-refractivity contribution >= 4 is 47.5 Å². The van der Waals surface area contributed by atoms with E-state index >= 15 is 0 Å². The molecule has 1 unspecified atom stereocenters. The Morgan fingerprint density at radius 3 is 2.74 bits per heavy atom. The minimum Gasteiger partial charge on any atom is -0.483 e. The molecule has 0 radical (unpaired) electrons. The van der Waals surface area contributed by atoms with Gasteiger partial charge < -0.3 is 24.4 Å². The van der Waals surface area contributed by atoms with Gasteiger partial charge in [-0.3, -0.25) is 18.9 Å². The Kier molecular flexibility index (Phi) is 8.79. The largest absolute Gasteiger partial charge is 0.483 e. The van der Waals surface area contributed by atoms with Crippen LogP contribution in [0.5, 0.6) is 5.75 Å². The molecule has 2 aromatic carbocycles. The van der Waals surface area contributed by atoms with Crippen molar-refractivity contribution in [2.75, 3.05) is 19.1 Å². The lowest BCUT2D eigenvalue weighted by molar-refractivity contribution is -0.138. The highest BCUT2D eigenvalue weighted by Gasteiger charge is 2.34. The maximum absolute atomic E-state index is 14.2. The smallest absolute Gasteiger partial charge is 0.243 e. The van der Waals surface area contributed by atoms with E-state index in [0.29, 0.717) is 41.6 Å². The molecule has 1 aromatic heterocycles. The number of rotatable bonds is 10. The van der Waals surface area contributed by atoms with E-state index in [2.05, 4.69) is 5.32 Å². The van der Waals surface area contributed by atoms with Crippen molar-refractivity contribution in [1.29, 1.82) is 0 Å². The monoisotopic (exact) mass is 577 g/mol. The number of hydrogen-bond donors (Lipinski definition) is 2. The minimum atomic E-state index is -3.42. The van der Waals surface area contributed by atoms with Gasteiger partial charge in [-0.1, -0.05) is 30.7 Å². The van der Waals surface area contributed by atoms with Crippen LogP contribution in [0.2, 0.25) is 5.02 Å². The fourth-order valence-electron chi connectivity index (χ4n) is 4.60. The van der Waals surface area contributed by atoms with Gasteiger partial charge in [0.05, 0.1) is 10.5 Å². The van der Waals surface area contributed by atoms with Crippen LogP contribution in [0, 0.1) is 5.82 Å². The van der Waals surface area contributed by atoms with Gasteiger partial charge in [-0.2, -0.15) is 0 Å². The first-order chi connectivity index (χ1) is 18.5.